The van der Waals surface area contributed by atoms with Crippen LogP contribution < -0.4 is 0 Å². The van der Waals surface area contributed by atoms with Crippen molar-refractivity contribution in [1.29, 1.82) is 0 Å². The van der Waals surface area contributed by atoms with Gasteiger partial charge >= 0.3 is 0 Å². The summed E-state index contributed by atoms with van der Waals surface area (Å²) in [5.74, 6) is 0. The molecule has 1 heterocycles. The molecule has 0 bridgehead atoms. The molecular formula is C4H5ClO. The fraction of sp³-hybridized carbons (Fsp3) is 0.500. The van der Waals surface area contributed by atoms with Gasteiger partial charge in [0.1, 0.15) is 0 Å². The van der Waals surface area contributed by atoms with Gasteiger partial charge < -0.3 is 4.74 Å². The summed E-state index contributed by atoms with van der Waals surface area (Å²) < 4.78 is 4.69. The molecule has 0 radical (unpaired) electrons. The van der Waals surface area contributed by atoms with Crippen LogP contribution in [0.5, 0.6) is 0 Å². The molecule has 6 heavy (non-hydrogen) atoms. The number of epoxide rings is 1. The van der Waals surface area contributed by atoms with Gasteiger partial charge in [0, 0.05) is 0 Å². The van der Waals surface area contributed by atoms with Gasteiger partial charge in [-0.05, 0) is 6.08 Å². The monoisotopic (exact) mass is 104 g/mol. The molecule has 0 N–H and O–H groups in total. The Morgan fingerprint density at radius 3 is 2.50 bits per heavy atom. The molecule has 0 saturated carbocycles. The lowest BCUT2D eigenvalue weighted by Gasteiger charge is -1.82. The highest BCUT2D eigenvalue weighted by atomic mass is 35.5. The van der Waals surface area contributed by atoms with Gasteiger partial charge in [0.15, 0.2) is 5.06 Å². The Bertz CT molecular complexity index is 75.6. The maximum absolute atomic E-state index is 5.49. The summed E-state index contributed by atoms with van der Waals surface area (Å²) in [5, 5.41) is -0.472. The van der Waals surface area contributed by atoms with Crippen LogP contribution in [-0.2, 0) is 4.74 Å². The third kappa shape index (κ3) is 0.559. The second-order valence-electron chi connectivity index (χ2n) is 1.28. The van der Waals surface area contributed by atoms with Crippen molar-refractivity contribution in [2.45, 2.75) is 5.06 Å². The average Bonchev–Trinajstić information content (AvgIpc) is 2.22. The minimum atomic E-state index is -0.472. The van der Waals surface area contributed by atoms with Crippen LogP contribution >= 0.6 is 11.6 Å². The van der Waals surface area contributed by atoms with Gasteiger partial charge in [-0.25, -0.2) is 0 Å². The summed E-state index contributed by atoms with van der Waals surface area (Å²) in [6.07, 6.45) is 1.59. The maximum atomic E-state index is 5.49. The minimum absolute atomic E-state index is 0.472. The van der Waals surface area contributed by atoms with Crippen LogP contribution in [0.2, 0.25) is 0 Å². The Balaban J connectivity index is 2.47. The number of rotatable bonds is 1. The van der Waals surface area contributed by atoms with Crippen LogP contribution in [0.25, 0.3) is 0 Å². The Morgan fingerprint density at radius 2 is 2.50 bits per heavy atom. The summed E-state index contributed by atoms with van der Waals surface area (Å²) in [5.41, 5.74) is 0. The Kier molecular flexibility index (Phi) is 0.681. The van der Waals surface area contributed by atoms with Gasteiger partial charge in [-0.2, -0.15) is 0 Å². The lowest BCUT2D eigenvalue weighted by atomic mass is 10.5. The third-order valence-electron chi connectivity index (χ3n) is 0.725. The molecule has 0 aliphatic carbocycles. The molecule has 1 nitrogen and oxygen atoms in total. The molecule has 1 aliphatic rings. The van der Waals surface area contributed by atoms with Gasteiger partial charge in [0.2, 0.25) is 0 Å². The Hall–Kier alpha value is -0.0100. The predicted molar refractivity (Wildman–Crippen MR) is 24.7 cm³/mol. The van der Waals surface area contributed by atoms with Crippen LogP contribution in [0.3, 0.4) is 0 Å². The molecule has 1 atom stereocenters. The van der Waals surface area contributed by atoms with Gasteiger partial charge in [0.25, 0.3) is 0 Å². The predicted octanol–water partition coefficient (Wildman–Crippen LogP) is 1.14. The summed E-state index contributed by atoms with van der Waals surface area (Å²) >= 11 is 5.49. The fourth-order valence-corrected chi connectivity index (χ4v) is 0.241. The van der Waals surface area contributed by atoms with Crippen LogP contribution in [0.1, 0.15) is 0 Å². The van der Waals surface area contributed by atoms with Crippen molar-refractivity contribution in [1.82, 2.24) is 0 Å². The second kappa shape index (κ2) is 0.983. The van der Waals surface area contributed by atoms with Crippen molar-refractivity contribution in [3.8, 4) is 0 Å². The van der Waals surface area contributed by atoms with Crippen LogP contribution in [0, 0.1) is 0 Å². The lowest BCUT2D eigenvalue weighted by Crippen LogP contribution is -1.88. The maximum Gasteiger partial charge on any atom is 0.183 e. The van der Waals surface area contributed by atoms with Crippen LogP contribution in [0.4, 0.5) is 0 Å². The van der Waals surface area contributed by atoms with E-state index < -0.39 is 5.06 Å². The Labute approximate surface area is 41.6 Å². The van der Waals surface area contributed by atoms with Crippen LogP contribution in [-0.4, -0.2) is 11.7 Å². The second-order valence-corrected chi connectivity index (χ2v) is 1.92. The van der Waals surface area contributed by atoms with Crippen molar-refractivity contribution in [2.24, 2.45) is 0 Å². The number of hydrogen-bond acceptors (Lipinski definition) is 1. The first kappa shape index (κ1) is 4.16. The molecule has 0 amide bonds. The Morgan fingerprint density at radius 1 is 2.00 bits per heavy atom. The molecule has 0 aromatic carbocycles. The highest BCUT2D eigenvalue weighted by molar-refractivity contribution is 6.25. The number of alkyl halides is 1. The van der Waals surface area contributed by atoms with E-state index in [1.54, 1.807) is 6.08 Å². The molecule has 1 aliphatic heterocycles. The van der Waals surface area contributed by atoms with E-state index in [4.69, 9.17) is 16.3 Å². The molecule has 1 rings (SSSR count). The first-order valence-electron chi connectivity index (χ1n) is 1.73. The van der Waals surface area contributed by atoms with Crippen molar-refractivity contribution in [2.75, 3.05) is 6.61 Å². The zero-order chi connectivity index (χ0) is 4.62. The molecule has 0 spiro atoms. The van der Waals surface area contributed by atoms with E-state index in [1.165, 1.54) is 0 Å². The van der Waals surface area contributed by atoms with Crippen molar-refractivity contribution < 1.29 is 4.74 Å². The topological polar surface area (TPSA) is 12.5 Å². The molecule has 34 valence electrons. The first-order chi connectivity index (χ1) is 2.77. The zero-order valence-corrected chi connectivity index (χ0v) is 4.03. The van der Waals surface area contributed by atoms with E-state index in [9.17, 15) is 0 Å². The quantitative estimate of drug-likeness (QED) is 0.276. The molecular weight excluding hydrogens is 99.5 g/mol. The fourth-order valence-electron chi connectivity index (χ4n) is 0.187. The molecule has 1 saturated heterocycles. The standard InChI is InChI=1S/C4H5ClO/c1-2-4(5)3-6-4/h2H,1,3H2/t4-/m0/s1. The molecule has 2 heteroatoms. The highest BCUT2D eigenvalue weighted by Gasteiger charge is 2.38. The van der Waals surface area contributed by atoms with Crippen molar-refractivity contribution >= 4 is 11.6 Å². The van der Waals surface area contributed by atoms with Crippen LogP contribution in [0.15, 0.2) is 12.7 Å². The zero-order valence-electron chi connectivity index (χ0n) is 3.28. The summed E-state index contributed by atoms with van der Waals surface area (Å²) in [4.78, 5) is 0. The SMILES string of the molecule is C=C[C@@]1(Cl)CO1. The first-order valence-corrected chi connectivity index (χ1v) is 2.11. The number of ether oxygens (including phenoxy) is 1. The minimum Gasteiger partial charge on any atom is -0.349 e. The van der Waals surface area contributed by atoms with E-state index in [1.807, 2.05) is 0 Å². The highest BCUT2D eigenvalue weighted by Crippen LogP contribution is 2.31. The largest absolute Gasteiger partial charge is 0.349 e. The average molecular weight is 105 g/mol. The normalized spacial score (nSPS) is 42.2. The molecule has 1 fully saturated rings. The smallest absolute Gasteiger partial charge is 0.183 e. The summed E-state index contributed by atoms with van der Waals surface area (Å²) in [7, 11) is 0. The van der Waals surface area contributed by atoms with E-state index >= 15 is 0 Å². The molecule has 0 aromatic rings. The van der Waals surface area contributed by atoms with Gasteiger partial charge in [-0.15, -0.1) is 0 Å². The van der Waals surface area contributed by atoms with E-state index in [2.05, 4.69) is 6.58 Å². The lowest BCUT2D eigenvalue weighted by molar-refractivity contribution is 0.417. The summed E-state index contributed by atoms with van der Waals surface area (Å²) in [6.45, 7) is 4.06. The van der Waals surface area contributed by atoms with E-state index in [0.29, 0.717) is 6.61 Å². The third-order valence-corrected chi connectivity index (χ3v) is 1.10. The van der Waals surface area contributed by atoms with E-state index in [-0.39, 0.29) is 0 Å². The van der Waals surface area contributed by atoms with Gasteiger partial charge in [-0.1, -0.05) is 18.2 Å². The molecule has 0 aromatic heterocycles. The number of halogens is 1. The number of hydrogen-bond donors (Lipinski definition) is 0. The van der Waals surface area contributed by atoms with Gasteiger partial charge in [0.05, 0.1) is 6.61 Å². The summed E-state index contributed by atoms with van der Waals surface area (Å²) in [6, 6.07) is 0. The molecule has 0 unspecified atom stereocenters. The van der Waals surface area contributed by atoms with Crippen molar-refractivity contribution in [3.63, 3.8) is 0 Å². The van der Waals surface area contributed by atoms with Crippen molar-refractivity contribution in [3.05, 3.63) is 12.7 Å². The van der Waals surface area contributed by atoms with E-state index in [0.717, 1.165) is 0 Å². The van der Waals surface area contributed by atoms with Gasteiger partial charge in [-0.3, -0.25) is 0 Å².